The third-order valence-electron chi connectivity index (χ3n) is 3.83. The van der Waals surface area contributed by atoms with Crippen molar-refractivity contribution in [3.05, 3.63) is 58.9 Å². The highest BCUT2D eigenvalue weighted by Crippen LogP contribution is 2.19. The van der Waals surface area contributed by atoms with Gasteiger partial charge < -0.3 is 9.40 Å². The minimum atomic E-state index is -0.434. The second-order valence-electron chi connectivity index (χ2n) is 5.65. The van der Waals surface area contributed by atoms with Gasteiger partial charge in [0.25, 0.3) is 5.91 Å². The molecule has 1 aliphatic heterocycles. The van der Waals surface area contributed by atoms with Crippen molar-refractivity contribution < 1.29 is 9.63 Å². The number of carbonyl (C=O) groups excluding carboxylic acids is 1. The molecule has 2 atom stereocenters. The Hall–Kier alpha value is -2.47. The van der Waals surface area contributed by atoms with Crippen LogP contribution >= 0.6 is 11.6 Å². The molecule has 24 heavy (non-hydrogen) atoms. The van der Waals surface area contributed by atoms with Crippen LogP contribution in [0.25, 0.3) is 0 Å². The molecule has 124 valence electrons. The van der Waals surface area contributed by atoms with Crippen molar-refractivity contribution >= 4 is 23.2 Å². The Bertz CT molecular complexity index is 842. The molecule has 6 nitrogen and oxygen atoms in total. The second-order valence-corrected chi connectivity index (χ2v) is 6.03. The van der Waals surface area contributed by atoms with Gasteiger partial charge in [0, 0.05) is 12.4 Å². The van der Waals surface area contributed by atoms with Crippen LogP contribution < -0.4 is 5.49 Å². The van der Waals surface area contributed by atoms with E-state index in [0.29, 0.717) is 22.9 Å². The maximum atomic E-state index is 12.5. The molecule has 0 aliphatic carbocycles. The van der Waals surface area contributed by atoms with Crippen LogP contribution in [0.2, 0.25) is 5.15 Å². The molecule has 2 aromatic heterocycles. The molecule has 1 aliphatic rings. The number of aromatic nitrogens is 2. The number of halogens is 1. The molecule has 2 aromatic rings. The number of oxime groups is 1. The Balaban J connectivity index is 1.90. The van der Waals surface area contributed by atoms with E-state index >= 15 is 0 Å². The first-order valence-electron chi connectivity index (χ1n) is 7.59. The fraction of sp³-hybridized carbons (Fsp3) is 0.294. The molecular formula is C17H17ClN4O2. The van der Waals surface area contributed by atoms with Gasteiger partial charge in [-0.15, -0.1) is 0 Å². The molecule has 0 N–H and O–H groups in total. The van der Waals surface area contributed by atoms with Crippen molar-refractivity contribution in [2.45, 2.75) is 26.5 Å². The zero-order valence-corrected chi connectivity index (χ0v) is 14.1. The molecule has 3 rings (SSSR count). The smallest absolute Gasteiger partial charge is 0.260 e. The molecule has 7 heteroatoms. The summed E-state index contributed by atoms with van der Waals surface area (Å²) in [5.74, 6) is -0.689. The molecule has 2 unspecified atom stereocenters. The van der Waals surface area contributed by atoms with Gasteiger partial charge in [-0.2, -0.15) is 4.99 Å². The minimum absolute atomic E-state index is 0.254. The van der Waals surface area contributed by atoms with Crippen LogP contribution in [0.4, 0.5) is 0 Å². The minimum Gasteiger partial charge on any atom is -0.392 e. The van der Waals surface area contributed by atoms with Crippen molar-refractivity contribution in [1.29, 1.82) is 0 Å². The van der Waals surface area contributed by atoms with Crippen LogP contribution in [0.1, 0.15) is 19.4 Å². The molecule has 0 saturated heterocycles. The van der Waals surface area contributed by atoms with Crippen LogP contribution in [-0.2, 0) is 16.2 Å². The van der Waals surface area contributed by atoms with E-state index in [4.69, 9.17) is 16.4 Å². The number of hydrogen-bond acceptors (Lipinski definition) is 4. The summed E-state index contributed by atoms with van der Waals surface area (Å²) in [6.45, 7) is 4.14. The average molecular weight is 345 g/mol. The Morgan fingerprint density at radius 2 is 2.21 bits per heavy atom. The fourth-order valence-corrected chi connectivity index (χ4v) is 2.70. The van der Waals surface area contributed by atoms with E-state index in [1.165, 1.54) is 0 Å². The molecule has 0 aromatic carbocycles. The topological polar surface area (TPSA) is 68.8 Å². The van der Waals surface area contributed by atoms with Crippen molar-refractivity contribution in [3.8, 4) is 0 Å². The lowest BCUT2D eigenvalue weighted by Gasteiger charge is -2.10. The highest BCUT2D eigenvalue weighted by molar-refractivity contribution is 6.29. The molecular weight excluding hydrogens is 328 g/mol. The van der Waals surface area contributed by atoms with Crippen LogP contribution in [0, 0.1) is 5.92 Å². The Morgan fingerprint density at radius 1 is 1.38 bits per heavy atom. The third kappa shape index (κ3) is 3.54. The van der Waals surface area contributed by atoms with Gasteiger partial charge in [-0.3, -0.25) is 4.79 Å². The van der Waals surface area contributed by atoms with Crippen LogP contribution in [0.5, 0.6) is 0 Å². The van der Waals surface area contributed by atoms with E-state index < -0.39 is 5.92 Å². The number of carbonyl (C=O) groups is 1. The Morgan fingerprint density at radius 3 is 2.88 bits per heavy atom. The van der Waals surface area contributed by atoms with Gasteiger partial charge in [0.1, 0.15) is 22.7 Å². The molecule has 1 amide bonds. The van der Waals surface area contributed by atoms with Crippen LogP contribution in [0.3, 0.4) is 0 Å². The summed E-state index contributed by atoms with van der Waals surface area (Å²) < 4.78 is 1.88. The first-order chi connectivity index (χ1) is 11.5. The van der Waals surface area contributed by atoms with Crippen LogP contribution in [-0.4, -0.2) is 27.3 Å². The Labute approximate surface area is 144 Å². The van der Waals surface area contributed by atoms with Crippen LogP contribution in [0.15, 0.2) is 52.9 Å². The molecule has 0 radical (unpaired) electrons. The number of nitrogens with zero attached hydrogens (tertiary/aromatic N) is 4. The number of pyridine rings is 2. The monoisotopic (exact) mass is 344 g/mol. The summed E-state index contributed by atoms with van der Waals surface area (Å²) in [6.07, 6.45) is 3.28. The van der Waals surface area contributed by atoms with Crippen molar-refractivity contribution in [1.82, 2.24) is 9.55 Å². The zero-order valence-electron chi connectivity index (χ0n) is 13.4. The van der Waals surface area contributed by atoms with E-state index in [-0.39, 0.29) is 12.0 Å². The summed E-state index contributed by atoms with van der Waals surface area (Å²) in [7, 11) is 0. The van der Waals surface area contributed by atoms with Crippen molar-refractivity contribution in [2.24, 2.45) is 16.1 Å². The average Bonchev–Trinajstić information content (AvgIpc) is 2.90. The standard InChI is InChI=1S/C17H17ClN4O2/c1-11-16(12(2)24-21-11)17(23)20-15-5-3-4-8-22(15)10-13-6-7-14(18)19-9-13/h3-9,12,16H,10H2,1-2H3. The van der Waals surface area contributed by atoms with Gasteiger partial charge in [-0.1, -0.05) is 28.9 Å². The summed E-state index contributed by atoms with van der Waals surface area (Å²) >= 11 is 5.81. The van der Waals surface area contributed by atoms with Gasteiger partial charge in [-0.25, -0.2) is 4.98 Å². The number of hydrogen-bond donors (Lipinski definition) is 0. The first-order valence-corrected chi connectivity index (χ1v) is 7.97. The lowest BCUT2D eigenvalue weighted by Crippen LogP contribution is -2.30. The van der Waals surface area contributed by atoms with E-state index in [1.807, 2.05) is 35.9 Å². The van der Waals surface area contributed by atoms with E-state index in [9.17, 15) is 4.79 Å². The highest BCUT2D eigenvalue weighted by atomic mass is 35.5. The number of rotatable bonds is 3. The summed E-state index contributed by atoms with van der Waals surface area (Å²) in [5.41, 5.74) is 2.19. The highest BCUT2D eigenvalue weighted by Gasteiger charge is 2.34. The lowest BCUT2D eigenvalue weighted by atomic mass is 9.99. The largest absolute Gasteiger partial charge is 0.392 e. The molecule has 0 saturated carbocycles. The van der Waals surface area contributed by atoms with Gasteiger partial charge >= 0.3 is 0 Å². The Kier molecular flexibility index (Phi) is 4.76. The number of amides is 1. The zero-order chi connectivity index (χ0) is 17.1. The first kappa shape index (κ1) is 16.4. The van der Waals surface area contributed by atoms with E-state index in [2.05, 4.69) is 15.1 Å². The molecule has 3 heterocycles. The predicted octanol–water partition coefficient (Wildman–Crippen LogP) is 2.42. The summed E-state index contributed by atoms with van der Waals surface area (Å²) in [5, 5.41) is 4.31. The molecule has 0 fully saturated rings. The SMILES string of the molecule is CC1=NOC(C)C1C(=O)N=c1ccccn1Cc1ccc(Cl)nc1. The summed E-state index contributed by atoms with van der Waals surface area (Å²) in [6, 6.07) is 9.16. The van der Waals surface area contributed by atoms with E-state index in [0.717, 1.165) is 5.56 Å². The van der Waals surface area contributed by atoms with Gasteiger partial charge in [-0.05, 0) is 37.6 Å². The van der Waals surface area contributed by atoms with Gasteiger partial charge in [0.15, 0.2) is 0 Å². The predicted molar refractivity (Wildman–Crippen MR) is 90.5 cm³/mol. The van der Waals surface area contributed by atoms with Gasteiger partial charge in [0.2, 0.25) is 0 Å². The van der Waals surface area contributed by atoms with E-state index in [1.54, 1.807) is 25.3 Å². The van der Waals surface area contributed by atoms with Crippen molar-refractivity contribution in [3.63, 3.8) is 0 Å². The lowest BCUT2D eigenvalue weighted by molar-refractivity contribution is -0.122. The maximum Gasteiger partial charge on any atom is 0.260 e. The molecule has 0 bridgehead atoms. The quantitative estimate of drug-likeness (QED) is 0.803. The normalized spacial score (nSPS) is 20.6. The maximum absolute atomic E-state index is 12.5. The third-order valence-corrected chi connectivity index (χ3v) is 4.06. The van der Waals surface area contributed by atoms with Gasteiger partial charge in [0.05, 0.1) is 12.3 Å². The fourth-order valence-electron chi connectivity index (χ4n) is 2.58. The molecule has 0 spiro atoms. The summed E-state index contributed by atoms with van der Waals surface area (Å²) in [4.78, 5) is 26.0. The second kappa shape index (κ2) is 6.97. The van der Waals surface area contributed by atoms with Crippen molar-refractivity contribution in [2.75, 3.05) is 0 Å².